The second-order valence-corrected chi connectivity index (χ2v) is 7.25. The Morgan fingerprint density at radius 2 is 2.37 bits per heavy atom. The summed E-state index contributed by atoms with van der Waals surface area (Å²) in [5, 5.41) is 6.19. The first kappa shape index (κ1) is 19.4. The van der Waals surface area contributed by atoms with Gasteiger partial charge in [0.2, 0.25) is 0 Å². The van der Waals surface area contributed by atoms with Gasteiger partial charge in [0.1, 0.15) is 18.2 Å². The Labute approximate surface area is 162 Å². The molecule has 0 radical (unpaired) electrons. The molecule has 1 saturated heterocycles. The van der Waals surface area contributed by atoms with Crippen molar-refractivity contribution in [2.24, 2.45) is 0 Å². The number of hydrogen-bond donors (Lipinski definition) is 2. The van der Waals surface area contributed by atoms with Gasteiger partial charge in [-0.1, -0.05) is 6.07 Å². The Balaban J connectivity index is 1.51. The first-order valence-corrected chi connectivity index (χ1v) is 9.79. The van der Waals surface area contributed by atoms with E-state index in [-0.39, 0.29) is 17.9 Å². The van der Waals surface area contributed by atoms with E-state index in [9.17, 15) is 9.18 Å². The number of halogens is 1. The van der Waals surface area contributed by atoms with Crippen molar-refractivity contribution in [3.63, 3.8) is 0 Å². The third kappa shape index (κ3) is 5.58. The number of pyridine rings is 1. The van der Waals surface area contributed by atoms with Crippen LogP contribution in [0.15, 0.2) is 47.6 Å². The molecule has 0 spiro atoms. The molecule has 2 heterocycles. The van der Waals surface area contributed by atoms with E-state index >= 15 is 0 Å². The number of hydrogen-bond acceptors (Lipinski definition) is 5. The summed E-state index contributed by atoms with van der Waals surface area (Å²) in [6.07, 6.45) is 3.34. The highest BCUT2D eigenvalue weighted by molar-refractivity contribution is 7.99. The molecule has 1 atom stereocenters. The zero-order valence-corrected chi connectivity index (χ0v) is 16.0. The zero-order valence-electron chi connectivity index (χ0n) is 15.2. The highest BCUT2D eigenvalue weighted by atomic mass is 32.2. The van der Waals surface area contributed by atoms with Crippen LogP contribution < -0.4 is 15.4 Å². The van der Waals surface area contributed by atoms with E-state index in [0.29, 0.717) is 31.3 Å². The van der Waals surface area contributed by atoms with Crippen molar-refractivity contribution in [3.05, 3.63) is 54.1 Å². The number of amides is 2. The molecule has 1 unspecified atom stereocenters. The van der Waals surface area contributed by atoms with Crippen molar-refractivity contribution in [2.75, 3.05) is 32.1 Å². The van der Waals surface area contributed by atoms with Gasteiger partial charge in [0, 0.05) is 30.7 Å². The Morgan fingerprint density at radius 1 is 1.48 bits per heavy atom. The molecule has 0 bridgehead atoms. The molecule has 1 aliphatic rings. The van der Waals surface area contributed by atoms with Crippen molar-refractivity contribution in [2.45, 2.75) is 17.9 Å². The standard InChI is InChI=1S/C19H23FN4O2S/c1-14-4-5-15(20)9-18(14)27-13-23-19(25)24-8-7-22-10-16(24)12-26-17-3-2-6-21-11-17/h2-6,9,11,16,22H,7-8,10,12-13H2,1H3,(H,23,25). The first-order chi connectivity index (χ1) is 13.1. The smallest absolute Gasteiger partial charge is 0.318 e. The molecule has 1 aliphatic heterocycles. The van der Waals surface area contributed by atoms with Crippen LogP contribution in [0.1, 0.15) is 5.56 Å². The summed E-state index contributed by atoms with van der Waals surface area (Å²) in [5.41, 5.74) is 0.987. The van der Waals surface area contributed by atoms with Crippen LogP contribution in [0.25, 0.3) is 0 Å². The molecule has 1 aromatic carbocycles. The SMILES string of the molecule is Cc1ccc(F)cc1SCNC(=O)N1CCNCC1COc1cccnc1. The summed E-state index contributed by atoms with van der Waals surface area (Å²) in [7, 11) is 0. The number of aromatic nitrogens is 1. The molecular weight excluding hydrogens is 367 g/mol. The fourth-order valence-electron chi connectivity index (χ4n) is 2.81. The van der Waals surface area contributed by atoms with Crippen molar-refractivity contribution >= 4 is 17.8 Å². The lowest BCUT2D eigenvalue weighted by Crippen LogP contribution is -2.58. The molecule has 27 heavy (non-hydrogen) atoms. The minimum absolute atomic E-state index is 0.0696. The fourth-order valence-corrected chi connectivity index (χ4v) is 3.65. The molecule has 2 aromatic rings. The van der Waals surface area contributed by atoms with E-state index in [4.69, 9.17) is 4.74 Å². The molecular formula is C19H23FN4O2S. The van der Waals surface area contributed by atoms with Gasteiger partial charge in [0.25, 0.3) is 0 Å². The molecule has 8 heteroatoms. The molecule has 3 rings (SSSR count). The number of benzene rings is 1. The van der Waals surface area contributed by atoms with Crippen molar-refractivity contribution in [1.29, 1.82) is 0 Å². The normalized spacial score (nSPS) is 16.8. The molecule has 144 valence electrons. The maximum Gasteiger partial charge on any atom is 0.318 e. The molecule has 0 saturated carbocycles. The number of carbonyl (C=O) groups excluding carboxylic acids is 1. The van der Waals surface area contributed by atoms with E-state index in [1.165, 1.54) is 23.9 Å². The quantitative estimate of drug-likeness (QED) is 0.586. The maximum atomic E-state index is 13.4. The Hall–Kier alpha value is -2.32. The molecule has 1 aromatic heterocycles. The van der Waals surface area contributed by atoms with Gasteiger partial charge < -0.3 is 20.3 Å². The fraction of sp³-hybridized carbons (Fsp3) is 0.368. The lowest BCUT2D eigenvalue weighted by molar-refractivity contribution is 0.125. The van der Waals surface area contributed by atoms with Gasteiger partial charge in [-0.25, -0.2) is 9.18 Å². The van der Waals surface area contributed by atoms with E-state index in [0.717, 1.165) is 17.0 Å². The second-order valence-electron chi connectivity index (χ2n) is 6.23. The predicted octanol–water partition coefficient (Wildman–Crippen LogP) is 2.64. The van der Waals surface area contributed by atoms with E-state index in [1.807, 2.05) is 19.1 Å². The average molecular weight is 390 g/mol. The third-order valence-electron chi connectivity index (χ3n) is 4.29. The number of carbonyl (C=O) groups is 1. The Kier molecular flexibility index (Phi) is 6.89. The zero-order chi connectivity index (χ0) is 19.1. The Bertz CT molecular complexity index is 763. The van der Waals surface area contributed by atoms with Gasteiger partial charge in [0.15, 0.2) is 0 Å². The van der Waals surface area contributed by atoms with Gasteiger partial charge >= 0.3 is 6.03 Å². The van der Waals surface area contributed by atoms with Crippen LogP contribution in [0.2, 0.25) is 0 Å². The topological polar surface area (TPSA) is 66.5 Å². The summed E-state index contributed by atoms with van der Waals surface area (Å²) in [6.45, 7) is 4.33. The number of aryl methyl sites for hydroxylation is 1. The lowest BCUT2D eigenvalue weighted by Gasteiger charge is -2.35. The molecule has 6 nitrogen and oxygen atoms in total. The highest BCUT2D eigenvalue weighted by Crippen LogP contribution is 2.22. The summed E-state index contributed by atoms with van der Waals surface area (Å²) < 4.78 is 19.1. The number of nitrogens with one attached hydrogen (secondary N) is 2. The van der Waals surface area contributed by atoms with Crippen LogP contribution >= 0.6 is 11.8 Å². The van der Waals surface area contributed by atoms with E-state index in [2.05, 4.69) is 15.6 Å². The van der Waals surface area contributed by atoms with Gasteiger partial charge in [-0.3, -0.25) is 4.98 Å². The van der Waals surface area contributed by atoms with Crippen LogP contribution in [0.4, 0.5) is 9.18 Å². The van der Waals surface area contributed by atoms with Gasteiger partial charge in [-0.15, -0.1) is 11.8 Å². The van der Waals surface area contributed by atoms with Crippen LogP contribution in [0, 0.1) is 12.7 Å². The summed E-state index contributed by atoms with van der Waals surface area (Å²) in [5.74, 6) is 0.785. The van der Waals surface area contributed by atoms with Gasteiger partial charge in [-0.05, 0) is 36.8 Å². The van der Waals surface area contributed by atoms with Gasteiger partial charge in [-0.2, -0.15) is 0 Å². The second kappa shape index (κ2) is 9.57. The lowest BCUT2D eigenvalue weighted by atomic mass is 10.2. The molecule has 2 amide bonds. The number of urea groups is 1. The van der Waals surface area contributed by atoms with Crippen LogP contribution in [0.3, 0.4) is 0 Å². The van der Waals surface area contributed by atoms with Crippen molar-refractivity contribution < 1.29 is 13.9 Å². The minimum atomic E-state index is -0.274. The molecule has 0 aliphatic carbocycles. The maximum absolute atomic E-state index is 13.4. The number of rotatable bonds is 6. The largest absolute Gasteiger partial charge is 0.490 e. The minimum Gasteiger partial charge on any atom is -0.490 e. The first-order valence-electron chi connectivity index (χ1n) is 8.80. The van der Waals surface area contributed by atoms with Crippen LogP contribution in [-0.4, -0.2) is 54.1 Å². The number of ether oxygens (including phenoxy) is 1. The molecule has 2 N–H and O–H groups in total. The highest BCUT2D eigenvalue weighted by Gasteiger charge is 2.27. The van der Waals surface area contributed by atoms with Gasteiger partial charge in [0.05, 0.1) is 18.1 Å². The summed E-state index contributed by atoms with van der Waals surface area (Å²) >= 11 is 1.41. The monoisotopic (exact) mass is 390 g/mol. The third-order valence-corrected chi connectivity index (χ3v) is 5.33. The van der Waals surface area contributed by atoms with Crippen LogP contribution in [0.5, 0.6) is 5.75 Å². The number of piperazine rings is 1. The van der Waals surface area contributed by atoms with Crippen molar-refractivity contribution in [1.82, 2.24) is 20.5 Å². The Morgan fingerprint density at radius 3 is 3.19 bits per heavy atom. The summed E-state index contributed by atoms with van der Waals surface area (Å²) in [6, 6.07) is 8.10. The van der Waals surface area contributed by atoms with E-state index < -0.39 is 0 Å². The predicted molar refractivity (Wildman–Crippen MR) is 103 cm³/mol. The van der Waals surface area contributed by atoms with Crippen LogP contribution in [-0.2, 0) is 0 Å². The number of thioether (sulfide) groups is 1. The van der Waals surface area contributed by atoms with Crippen molar-refractivity contribution in [3.8, 4) is 5.75 Å². The van der Waals surface area contributed by atoms with E-state index in [1.54, 1.807) is 23.4 Å². The number of nitrogens with zero attached hydrogens (tertiary/aromatic N) is 2. The molecule has 1 fully saturated rings. The average Bonchev–Trinajstić information content (AvgIpc) is 2.70. The summed E-state index contributed by atoms with van der Waals surface area (Å²) in [4.78, 5) is 19.2.